The number of para-hydroxylation sites is 1. The first kappa shape index (κ1) is 13.7. The third-order valence-electron chi connectivity index (χ3n) is 3.18. The van der Waals surface area contributed by atoms with Crippen LogP contribution in [0.1, 0.15) is 38.5 Å². The monoisotopic (exact) mass is 267 g/mol. The molecule has 0 radical (unpaired) electrons. The molecule has 0 atom stereocenters. The van der Waals surface area contributed by atoms with E-state index in [0.717, 1.165) is 24.8 Å². The van der Waals surface area contributed by atoms with Gasteiger partial charge in [-0.1, -0.05) is 36.6 Å². The second kappa shape index (κ2) is 7.65. The fraction of sp³-hybridized carbons (Fsp3) is 0.600. The van der Waals surface area contributed by atoms with Gasteiger partial charge in [-0.15, -0.1) is 0 Å². The van der Waals surface area contributed by atoms with Crippen molar-refractivity contribution in [3.63, 3.8) is 0 Å². The number of hydrogen-bond acceptors (Lipinski definition) is 2. The van der Waals surface area contributed by atoms with E-state index in [2.05, 4.69) is 5.32 Å². The molecule has 1 fully saturated rings. The second-order valence-electron chi connectivity index (χ2n) is 4.92. The lowest BCUT2D eigenvalue weighted by molar-refractivity contribution is 0.304. The van der Waals surface area contributed by atoms with E-state index in [1.54, 1.807) is 0 Å². The number of hydrogen-bond donors (Lipinski definition) is 1. The molecule has 1 aliphatic rings. The first-order chi connectivity index (χ1) is 8.86. The molecule has 0 heterocycles. The van der Waals surface area contributed by atoms with Gasteiger partial charge in [-0.25, -0.2) is 0 Å². The van der Waals surface area contributed by atoms with E-state index < -0.39 is 0 Å². The summed E-state index contributed by atoms with van der Waals surface area (Å²) in [6.45, 7) is 1.94. The molecule has 0 aliphatic heterocycles. The normalized spacial score (nSPS) is 14.7. The Morgan fingerprint density at radius 3 is 2.67 bits per heavy atom. The van der Waals surface area contributed by atoms with Gasteiger partial charge in [0.05, 0.1) is 11.6 Å². The highest BCUT2D eigenvalue weighted by molar-refractivity contribution is 6.32. The fourth-order valence-corrected chi connectivity index (χ4v) is 2.11. The molecule has 1 saturated carbocycles. The van der Waals surface area contributed by atoms with Gasteiger partial charge >= 0.3 is 0 Å². The molecule has 100 valence electrons. The minimum absolute atomic E-state index is 0.700. The maximum Gasteiger partial charge on any atom is 0.137 e. The highest BCUT2D eigenvalue weighted by atomic mass is 35.5. The zero-order chi connectivity index (χ0) is 12.6. The third-order valence-corrected chi connectivity index (χ3v) is 3.49. The smallest absolute Gasteiger partial charge is 0.137 e. The van der Waals surface area contributed by atoms with Gasteiger partial charge in [-0.2, -0.15) is 0 Å². The molecule has 1 aromatic rings. The molecule has 0 saturated heterocycles. The van der Waals surface area contributed by atoms with Crippen LogP contribution < -0.4 is 10.1 Å². The molecular weight excluding hydrogens is 246 g/mol. The SMILES string of the molecule is Clc1ccccc1OCCCCCCNC1CC1. The summed E-state index contributed by atoms with van der Waals surface area (Å²) in [5, 5.41) is 4.23. The van der Waals surface area contributed by atoms with Crippen molar-refractivity contribution in [1.29, 1.82) is 0 Å². The number of nitrogens with one attached hydrogen (secondary N) is 1. The Labute approximate surface area is 115 Å². The van der Waals surface area contributed by atoms with E-state index in [4.69, 9.17) is 16.3 Å². The van der Waals surface area contributed by atoms with Crippen molar-refractivity contribution in [2.24, 2.45) is 0 Å². The molecule has 2 rings (SSSR count). The van der Waals surface area contributed by atoms with Crippen LogP contribution in [0.3, 0.4) is 0 Å². The zero-order valence-corrected chi connectivity index (χ0v) is 11.6. The number of rotatable bonds is 9. The highest BCUT2D eigenvalue weighted by Crippen LogP contribution is 2.23. The molecule has 0 aromatic heterocycles. The Morgan fingerprint density at radius 2 is 1.89 bits per heavy atom. The molecular formula is C15H22ClNO. The molecule has 1 aliphatic carbocycles. The Kier molecular flexibility index (Phi) is 5.82. The van der Waals surface area contributed by atoms with E-state index in [1.807, 2.05) is 24.3 Å². The molecule has 18 heavy (non-hydrogen) atoms. The minimum atomic E-state index is 0.700. The lowest BCUT2D eigenvalue weighted by Crippen LogP contribution is -2.17. The van der Waals surface area contributed by atoms with Crippen molar-refractivity contribution in [3.8, 4) is 5.75 Å². The first-order valence-corrected chi connectivity index (χ1v) is 7.35. The summed E-state index contributed by atoms with van der Waals surface area (Å²) in [5.74, 6) is 0.801. The van der Waals surface area contributed by atoms with Gasteiger partial charge in [0, 0.05) is 6.04 Å². The molecule has 2 nitrogen and oxygen atoms in total. The summed E-state index contributed by atoms with van der Waals surface area (Å²) in [4.78, 5) is 0. The number of benzene rings is 1. The largest absolute Gasteiger partial charge is 0.492 e. The molecule has 1 aromatic carbocycles. The van der Waals surface area contributed by atoms with E-state index in [9.17, 15) is 0 Å². The highest BCUT2D eigenvalue weighted by Gasteiger charge is 2.19. The van der Waals surface area contributed by atoms with Crippen molar-refractivity contribution >= 4 is 11.6 Å². The van der Waals surface area contributed by atoms with Crippen LogP contribution in [0.15, 0.2) is 24.3 Å². The molecule has 0 spiro atoms. The molecule has 0 amide bonds. The molecule has 0 unspecified atom stereocenters. The maximum atomic E-state index is 6.01. The Hall–Kier alpha value is -0.730. The van der Waals surface area contributed by atoms with Crippen LogP contribution in [-0.2, 0) is 0 Å². The Bertz CT molecular complexity index is 352. The maximum absolute atomic E-state index is 6.01. The van der Waals surface area contributed by atoms with Gasteiger partial charge in [0.25, 0.3) is 0 Å². The second-order valence-corrected chi connectivity index (χ2v) is 5.33. The van der Waals surface area contributed by atoms with Crippen LogP contribution in [0.5, 0.6) is 5.75 Å². The van der Waals surface area contributed by atoms with Gasteiger partial charge in [-0.3, -0.25) is 0 Å². The predicted octanol–water partition coefficient (Wildman–Crippen LogP) is 4.03. The molecule has 0 bridgehead atoms. The van der Waals surface area contributed by atoms with Crippen LogP contribution >= 0.6 is 11.6 Å². The lowest BCUT2D eigenvalue weighted by Gasteiger charge is -2.07. The van der Waals surface area contributed by atoms with Crippen molar-refractivity contribution in [2.75, 3.05) is 13.2 Å². The third kappa shape index (κ3) is 5.28. The number of halogens is 1. The van der Waals surface area contributed by atoms with Gasteiger partial charge in [-0.05, 0) is 44.4 Å². The van der Waals surface area contributed by atoms with Gasteiger partial charge in [0.1, 0.15) is 5.75 Å². The average Bonchev–Trinajstić information content (AvgIpc) is 3.19. The lowest BCUT2D eigenvalue weighted by atomic mass is 10.2. The number of unbranched alkanes of at least 4 members (excludes halogenated alkanes) is 3. The van der Waals surface area contributed by atoms with Crippen LogP contribution in [0.4, 0.5) is 0 Å². The van der Waals surface area contributed by atoms with Crippen molar-refractivity contribution in [2.45, 2.75) is 44.6 Å². The Balaban J connectivity index is 1.44. The summed E-state index contributed by atoms with van der Waals surface area (Å²) in [6.07, 6.45) is 7.66. The van der Waals surface area contributed by atoms with Crippen LogP contribution in [0, 0.1) is 0 Å². The summed E-state index contributed by atoms with van der Waals surface area (Å²) >= 11 is 6.01. The summed E-state index contributed by atoms with van der Waals surface area (Å²) in [6, 6.07) is 8.49. The van der Waals surface area contributed by atoms with Crippen LogP contribution in [0.2, 0.25) is 5.02 Å². The van der Waals surface area contributed by atoms with Gasteiger partial charge < -0.3 is 10.1 Å². The zero-order valence-electron chi connectivity index (χ0n) is 10.8. The summed E-state index contributed by atoms with van der Waals surface area (Å²) in [7, 11) is 0. The first-order valence-electron chi connectivity index (χ1n) is 6.97. The molecule has 1 N–H and O–H groups in total. The van der Waals surface area contributed by atoms with Gasteiger partial charge in [0.2, 0.25) is 0 Å². The van der Waals surface area contributed by atoms with Gasteiger partial charge in [0.15, 0.2) is 0 Å². The van der Waals surface area contributed by atoms with E-state index in [1.165, 1.54) is 38.6 Å². The van der Waals surface area contributed by atoms with Crippen LogP contribution in [0.25, 0.3) is 0 Å². The van der Waals surface area contributed by atoms with E-state index >= 15 is 0 Å². The summed E-state index contributed by atoms with van der Waals surface area (Å²) < 4.78 is 5.64. The van der Waals surface area contributed by atoms with Crippen LogP contribution in [-0.4, -0.2) is 19.2 Å². The van der Waals surface area contributed by atoms with Crippen molar-refractivity contribution in [1.82, 2.24) is 5.32 Å². The topological polar surface area (TPSA) is 21.3 Å². The standard InChI is InChI=1S/C15H22ClNO/c16-14-7-3-4-8-15(14)18-12-6-2-1-5-11-17-13-9-10-13/h3-4,7-8,13,17H,1-2,5-6,9-12H2. The van der Waals surface area contributed by atoms with E-state index in [-0.39, 0.29) is 0 Å². The number of ether oxygens (including phenoxy) is 1. The summed E-state index contributed by atoms with van der Waals surface area (Å²) in [5.41, 5.74) is 0. The fourth-order valence-electron chi connectivity index (χ4n) is 1.92. The van der Waals surface area contributed by atoms with E-state index in [0.29, 0.717) is 5.02 Å². The minimum Gasteiger partial charge on any atom is -0.492 e. The molecule has 3 heteroatoms. The predicted molar refractivity (Wildman–Crippen MR) is 76.4 cm³/mol. The van der Waals surface area contributed by atoms with Crippen molar-refractivity contribution < 1.29 is 4.74 Å². The Morgan fingerprint density at radius 1 is 1.11 bits per heavy atom. The van der Waals surface area contributed by atoms with Crippen molar-refractivity contribution in [3.05, 3.63) is 29.3 Å². The average molecular weight is 268 g/mol. The quantitative estimate of drug-likeness (QED) is 0.682.